The van der Waals surface area contributed by atoms with Crippen LogP contribution in [-0.4, -0.2) is 50.4 Å². The summed E-state index contributed by atoms with van der Waals surface area (Å²) < 4.78 is 42.8. The van der Waals surface area contributed by atoms with E-state index in [-0.39, 0.29) is 29.8 Å². The van der Waals surface area contributed by atoms with Gasteiger partial charge in [0.25, 0.3) is 5.91 Å². The molecule has 0 radical (unpaired) electrons. The lowest BCUT2D eigenvalue weighted by atomic mass is 10.1. The van der Waals surface area contributed by atoms with E-state index < -0.39 is 23.6 Å². The van der Waals surface area contributed by atoms with E-state index in [0.717, 1.165) is 6.07 Å². The summed E-state index contributed by atoms with van der Waals surface area (Å²) in [7, 11) is 1.83. The van der Waals surface area contributed by atoms with Gasteiger partial charge in [0.1, 0.15) is 12.9 Å². The van der Waals surface area contributed by atoms with Crippen LogP contribution >= 0.6 is 0 Å². The average Bonchev–Trinajstić information content (AvgIpc) is 3.04. The molecule has 1 aromatic rings. The maximum Gasteiger partial charge on any atom is 0.416 e. The number of rotatable bonds is 5. The molecule has 0 spiro atoms. The molecule has 0 saturated carbocycles. The van der Waals surface area contributed by atoms with Gasteiger partial charge in [-0.05, 0) is 25.2 Å². The fourth-order valence-electron chi connectivity index (χ4n) is 2.05. The molecule has 9 nitrogen and oxygen atoms in total. The average molecular weight is 403 g/mol. The number of nitrogens with two attached hydrogens (primary N) is 2. The van der Waals surface area contributed by atoms with Gasteiger partial charge in [0.2, 0.25) is 0 Å². The second-order valence-electron chi connectivity index (χ2n) is 5.55. The molecule has 154 valence electrons. The molecule has 12 heteroatoms. The van der Waals surface area contributed by atoms with Crippen molar-refractivity contribution in [2.45, 2.75) is 18.6 Å². The van der Waals surface area contributed by atoms with Gasteiger partial charge in [0.15, 0.2) is 5.96 Å². The number of guanidine groups is 1. The van der Waals surface area contributed by atoms with Crippen LogP contribution in [0.1, 0.15) is 22.3 Å². The summed E-state index contributed by atoms with van der Waals surface area (Å²) >= 11 is 0. The first-order valence-electron chi connectivity index (χ1n) is 7.93. The summed E-state index contributed by atoms with van der Waals surface area (Å²) in [6, 6.07) is 2.68. The van der Waals surface area contributed by atoms with Crippen LogP contribution in [0.2, 0.25) is 0 Å². The molecular formula is C16H20F3N5O4. The normalized spacial score (nSPS) is 15.7. The number of hydrogen-bond donors (Lipinski definition) is 4. The monoisotopic (exact) mass is 403 g/mol. The Hall–Kier alpha value is -3.15. The molecule has 28 heavy (non-hydrogen) atoms. The number of benzene rings is 1. The number of nitrogens with zero attached hydrogens (tertiary/aromatic N) is 1. The molecule has 1 amide bonds. The number of esters is 1. The molecule has 0 aromatic heterocycles. The first kappa shape index (κ1) is 22.9. The van der Waals surface area contributed by atoms with Crippen LogP contribution < -0.4 is 22.1 Å². The summed E-state index contributed by atoms with van der Waals surface area (Å²) in [6.45, 7) is 0.224. The molecule has 1 unspecified atom stereocenters. The van der Waals surface area contributed by atoms with Crippen LogP contribution in [0.25, 0.3) is 0 Å². The van der Waals surface area contributed by atoms with Gasteiger partial charge < -0.3 is 31.6 Å². The predicted molar refractivity (Wildman–Crippen MR) is 93.7 cm³/mol. The van der Waals surface area contributed by atoms with Gasteiger partial charge in [0, 0.05) is 5.56 Å². The molecule has 6 N–H and O–H groups in total. The lowest BCUT2D eigenvalue weighted by molar-refractivity contribution is -0.138. The van der Waals surface area contributed by atoms with Crippen LogP contribution in [0.15, 0.2) is 23.2 Å². The molecule has 1 aromatic carbocycles. The van der Waals surface area contributed by atoms with Gasteiger partial charge >= 0.3 is 12.1 Å². The first-order chi connectivity index (χ1) is 13.1. The fraction of sp³-hybridized carbons (Fsp3) is 0.375. The van der Waals surface area contributed by atoms with Gasteiger partial charge in [-0.3, -0.25) is 9.59 Å². The maximum atomic E-state index is 12.7. The van der Waals surface area contributed by atoms with Crippen LogP contribution in [0.3, 0.4) is 0 Å². The molecule has 1 saturated heterocycles. The topological polar surface area (TPSA) is 149 Å². The lowest BCUT2D eigenvalue weighted by Crippen LogP contribution is -2.25. The van der Waals surface area contributed by atoms with E-state index in [1.165, 1.54) is 0 Å². The standard InChI is InChI=1S/C11H11F3N4O2.C5H9NO2/c12-11(13,14)7-3-6(9(20)17-1-2-19)4-8(5-7)18-10(15)16;1-6-4-2-5(7)8-3-4/h2-5H,1H2,(H,17,20)(H4,15,16,18);4,6H,2-3H2,1H3. The third kappa shape index (κ3) is 7.61. The highest BCUT2D eigenvalue weighted by atomic mass is 19.4. The van der Waals surface area contributed by atoms with Crippen molar-refractivity contribution in [3.63, 3.8) is 0 Å². The largest absolute Gasteiger partial charge is 0.464 e. The van der Waals surface area contributed by atoms with E-state index in [1.54, 1.807) is 0 Å². The van der Waals surface area contributed by atoms with E-state index in [2.05, 4.69) is 20.4 Å². The predicted octanol–water partition coefficient (Wildman–Crippen LogP) is 0.0603. The number of halogens is 3. The minimum Gasteiger partial charge on any atom is -0.464 e. The summed E-state index contributed by atoms with van der Waals surface area (Å²) in [5.41, 5.74) is 8.59. The van der Waals surface area contributed by atoms with E-state index in [4.69, 9.17) is 11.5 Å². The number of carbonyl (C=O) groups excluding carboxylic acids is 3. The summed E-state index contributed by atoms with van der Waals surface area (Å²) in [5.74, 6) is -1.37. The number of cyclic esters (lactones) is 1. The Morgan fingerprint density at radius 3 is 2.46 bits per heavy atom. The van der Waals surface area contributed by atoms with Crippen molar-refractivity contribution in [1.82, 2.24) is 10.6 Å². The highest BCUT2D eigenvalue weighted by Crippen LogP contribution is 2.32. The van der Waals surface area contributed by atoms with Gasteiger partial charge in [0.05, 0.1) is 30.3 Å². The Balaban J connectivity index is 0.000000406. The molecule has 1 heterocycles. The van der Waals surface area contributed by atoms with Crippen molar-refractivity contribution in [3.05, 3.63) is 29.3 Å². The number of carbonyl (C=O) groups is 3. The zero-order valence-electron chi connectivity index (χ0n) is 14.9. The summed E-state index contributed by atoms with van der Waals surface area (Å²) in [4.78, 5) is 35.5. The van der Waals surface area contributed by atoms with Gasteiger partial charge in [-0.2, -0.15) is 13.2 Å². The second kappa shape index (κ2) is 10.3. The minimum atomic E-state index is -4.66. The highest BCUT2D eigenvalue weighted by Gasteiger charge is 2.31. The van der Waals surface area contributed by atoms with Crippen LogP contribution in [0.5, 0.6) is 0 Å². The van der Waals surface area contributed by atoms with Crippen molar-refractivity contribution < 1.29 is 32.3 Å². The number of amides is 1. The van der Waals surface area contributed by atoms with Crippen molar-refractivity contribution in [2.75, 3.05) is 20.2 Å². The molecule has 1 aliphatic rings. The van der Waals surface area contributed by atoms with Crippen LogP contribution in [-0.2, 0) is 20.5 Å². The van der Waals surface area contributed by atoms with Crippen molar-refractivity contribution in [2.24, 2.45) is 16.5 Å². The molecule has 1 atom stereocenters. The highest BCUT2D eigenvalue weighted by molar-refractivity contribution is 5.96. The maximum absolute atomic E-state index is 12.7. The number of aldehydes is 1. The van der Waals surface area contributed by atoms with Crippen molar-refractivity contribution >= 4 is 29.8 Å². The smallest absolute Gasteiger partial charge is 0.416 e. The zero-order valence-corrected chi connectivity index (χ0v) is 14.9. The van der Waals surface area contributed by atoms with Crippen LogP contribution in [0.4, 0.5) is 18.9 Å². The molecule has 0 bridgehead atoms. The third-order valence-corrected chi connectivity index (χ3v) is 3.38. The number of likely N-dealkylation sites (N-methyl/N-ethyl adjacent to an activating group) is 1. The third-order valence-electron chi connectivity index (χ3n) is 3.38. The van der Waals surface area contributed by atoms with E-state index >= 15 is 0 Å². The molecule has 0 aliphatic carbocycles. The Morgan fingerprint density at radius 2 is 2.04 bits per heavy atom. The van der Waals surface area contributed by atoms with Gasteiger partial charge in [-0.25, -0.2) is 4.99 Å². The number of aliphatic imine (C=N–C) groups is 1. The first-order valence-corrected chi connectivity index (χ1v) is 7.93. The Kier molecular flexibility index (Phi) is 8.38. The SMILES string of the molecule is CNC1COC(=O)C1.NC(N)=Nc1cc(C(=O)NCC=O)cc(C(F)(F)F)c1. The summed E-state index contributed by atoms with van der Waals surface area (Å²) in [5, 5.41) is 5.07. The number of hydrogen-bond acceptors (Lipinski definition) is 6. The number of ether oxygens (including phenoxy) is 1. The van der Waals surface area contributed by atoms with E-state index in [0.29, 0.717) is 31.4 Å². The number of alkyl halides is 3. The molecular weight excluding hydrogens is 383 g/mol. The second-order valence-corrected chi connectivity index (χ2v) is 5.55. The molecule has 1 aliphatic heterocycles. The Morgan fingerprint density at radius 1 is 1.36 bits per heavy atom. The minimum absolute atomic E-state index is 0.0932. The number of nitrogens with one attached hydrogen (secondary N) is 2. The van der Waals surface area contributed by atoms with Gasteiger partial charge in [-0.15, -0.1) is 0 Å². The Labute approximate surface area is 158 Å². The molecule has 1 fully saturated rings. The summed E-state index contributed by atoms with van der Waals surface area (Å²) in [6.07, 6.45) is -3.73. The molecule has 2 rings (SSSR count). The van der Waals surface area contributed by atoms with Crippen molar-refractivity contribution in [1.29, 1.82) is 0 Å². The lowest BCUT2D eigenvalue weighted by Gasteiger charge is -2.10. The van der Waals surface area contributed by atoms with Crippen molar-refractivity contribution in [3.8, 4) is 0 Å². The quantitative estimate of drug-likeness (QED) is 0.235. The van der Waals surface area contributed by atoms with E-state index in [1.807, 2.05) is 7.05 Å². The van der Waals surface area contributed by atoms with Gasteiger partial charge in [-0.1, -0.05) is 0 Å². The van der Waals surface area contributed by atoms with Crippen LogP contribution in [0, 0.1) is 0 Å². The Bertz CT molecular complexity index is 748. The zero-order chi connectivity index (χ0) is 21.3. The van der Waals surface area contributed by atoms with E-state index in [9.17, 15) is 27.6 Å². The fourth-order valence-corrected chi connectivity index (χ4v) is 2.05.